The van der Waals surface area contributed by atoms with Crippen LogP contribution in [0.5, 0.6) is 0 Å². The summed E-state index contributed by atoms with van der Waals surface area (Å²) in [6, 6.07) is 6.14. The fourth-order valence-corrected chi connectivity index (χ4v) is 4.76. The van der Waals surface area contributed by atoms with Crippen LogP contribution in [0.2, 0.25) is 0 Å². The summed E-state index contributed by atoms with van der Waals surface area (Å²) in [5.41, 5.74) is 3.90. The number of aromatic nitrogens is 2. The lowest BCUT2D eigenvalue weighted by Crippen LogP contribution is -2.48. The highest BCUT2D eigenvalue weighted by Gasteiger charge is 2.37. The summed E-state index contributed by atoms with van der Waals surface area (Å²) in [4.78, 5) is 38.2. The van der Waals surface area contributed by atoms with Gasteiger partial charge in [0, 0.05) is 30.9 Å². The number of carbonyl (C=O) groups excluding carboxylic acids is 2. The molecule has 0 radical (unpaired) electrons. The number of nitrogens with zero attached hydrogens (tertiary/aromatic N) is 6. The molecule has 5 heterocycles. The molecule has 11 heteroatoms. The highest BCUT2D eigenvalue weighted by atomic mass is 16.6. The summed E-state index contributed by atoms with van der Waals surface area (Å²) >= 11 is 0. The van der Waals surface area contributed by atoms with E-state index in [9.17, 15) is 9.59 Å². The third kappa shape index (κ3) is 3.63. The number of ether oxygens (including phenoxy) is 2. The van der Waals surface area contributed by atoms with Crippen molar-refractivity contribution in [3.8, 4) is 11.4 Å². The van der Waals surface area contributed by atoms with Crippen molar-refractivity contribution in [2.24, 2.45) is 4.99 Å². The average molecular weight is 476 g/mol. The molecule has 0 N–H and O–H groups in total. The molecule has 0 bridgehead atoms. The highest BCUT2D eigenvalue weighted by molar-refractivity contribution is 5.98. The lowest BCUT2D eigenvalue weighted by molar-refractivity contribution is 0.0804. The van der Waals surface area contributed by atoms with E-state index < -0.39 is 0 Å². The summed E-state index contributed by atoms with van der Waals surface area (Å²) in [7, 11) is 1.37. The van der Waals surface area contributed by atoms with Crippen LogP contribution >= 0.6 is 0 Å². The minimum atomic E-state index is -0.351. The van der Waals surface area contributed by atoms with Gasteiger partial charge in [-0.2, -0.15) is 4.98 Å². The maximum Gasteiger partial charge on any atom is 0.414 e. The Morgan fingerprint density at radius 2 is 2.11 bits per heavy atom. The van der Waals surface area contributed by atoms with Crippen molar-refractivity contribution in [1.29, 1.82) is 0 Å². The number of rotatable bonds is 4. The van der Waals surface area contributed by atoms with Gasteiger partial charge >= 0.3 is 12.2 Å². The Hall–Kier alpha value is -4.15. The molecule has 6 rings (SSSR count). The van der Waals surface area contributed by atoms with Gasteiger partial charge in [-0.15, -0.1) is 0 Å². The van der Waals surface area contributed by atoms with E-state index in [1.807, 2.05) is 24.4 Å². The number of methoxy groups -OCH3 is 1. The maximum atomic E-state index is 11.9. The molecule has 2 amide bonds. The Morgan fingerprint density at radius 3 is 2.89 bits per heavy atom. The quantitative estimate of drug-likeness (QED) is 0.662. The van der Waals surface area contributed by atoms with Crippen LogP contribution in [0.3, 0.4) is 0 Å². The molecule has 0 saturated carbocycles. The first-order chi connectivity index (χ1) is 17.0. The molecule has 35 heavy (non-hydrogen) atoms. The fourth-order valence-electron chi connectivity index (χ4n) is 4.76. The predicted molar refractivity (Wildman–Crippen MR) is 123 cm³/mol. The van der Waals surface area contributed by atoms with Crippen molar-refractivity contribution in [3.05, 3.63) is 59.3 Å². The van der Waals surface area contributed by atoms with E-state index in [4.69, 9.17) is 19.0 Å². The molecular formula is C24H24N6O5. The monoisotopic (exact) mass is 476 g/mol. The molecule has 1 aromatic heterocycles. The molecule has 11 nitrogen and oxygen atoms in total. The number of allylic oxidation sites excluding steroid dienone is 1. The zero-order chi connectivity index (χ0) is 24.1. The van der Waals surface area contributed by atoms with Gasteiger partial charge < -0.3 is 23.8 Å². The Bertz CT molecular complexity index is 1290. The molecule has 2 fully saturated rings. The third-order valence-electron chi connectivity index (χ3n) is 6.78. The van der Waals surface area contributed by atoms with Crippen LogP contribution in [0.25, 0.3) is 11.4 Å². The van der Waals surface area contributed by atoms with E-state index in [0.29, 0.717) is 44.5 Å². The second kappa shape index (κ2) is 8.26. The van der Waals surface area contributed by atoms with Gasteiger partial charge in [0.05, 0.1) is 37.9 Å². The van der Waals surface area contributed by atoms with Gasteiger partial charge in [0.15, 0.2) is 0 Å². The zero-order valence-corrected chi connectivity index (χ0v) is 19.4. The number of hydrogen-bond donors (Lipinski definition) is 0. The first kappa shape index (κ1) is 21.4. The summed E-state index contributed by atoms with van der Waals surface area (Å²) in [6.07, 6.45) is 5.14. The van der Waals surface area contributed by atoms with Crippen molar-refractivity contribution in [2.75, 3.05) is 39.9 Å². The number of benzene rings is 1. The van der Waals surface area contributed by atoms with Crippen molar-refractivity contribution in [2.45, 2.75) is 18.9 Å². The van der Waals surface area contributed by atoms with Crippen LogP contribution in [0, 0.1) is 6.92 Å². The maximum absolute atomic E-state index is 11.9. The molecule has 1 unspecified atom stereocenters. The molecule has 4 aliphatic rings. The first-order valence-electron chi connectivity index (χ1n) is 11.5. The summed E-state index contributed by atoms with van der Waals surface area (Å²) in [5, 5.41) is 4.18. The number of aliphatic imine (C=N–C) groups is 1. The van der Waals surface area contributed by atoms with Gasteiger partial charge in [0.25, 0.3) is 0 Å². The van der Waals surface area contributed by atoms with Gasteiger partial charge in [-0.25, -0.2) is 9.59 Å². The van der Waals surface area contributed by atoms with Crippen LogP contribution in [0.4, 0.5) is 9.59 Å². The molecular weight excluding hydrogens is 452 g/mol. The van der Waals surface area contributed by atoms with E-state index in [1.165, 1.54) is 7.11 Å². The summed E-state index contributed by atoms with van der Waals surface area (Å²) < 4.78 is 15.3. The average Bonchev–Trinajstić information content (AvgIpc) is 3.58. The lowest BCUT2D eigenvalue weighted by Gasteiger charge is -2.35. The number of hydrogen-bond acceptors (Lipinski definition) is 9. The SMILES string of the molecule is COC(=O)N1CC(c2nc(-c3ccc(C)c(C4CN=C5C=C(N6CCOC6=O)C=CN54)c3)no2)C1. The fraction of sp³-hybridized carbons (Fsp3) is 0.375. The summed E-state index contributed by atoms with van der Waals surface area (Å²) in [5.74, 6) is 1.86. The van der Waals surface area contributed by atoms with Crippen LogP contribution in [-0.4, -0.2) is 82.8 Å². The van der Waals surface area contributed by atoms with Gasteiger partial charge in [-0.1, -0.05) is 17.3 Å². The number of fused-ring (bicyclic) bond motifs is 1. The number of carbonyl (C=O) groups is 2. The Morgan fingerprint density at radius 1 is 1.26 bits per heavy atom. The molecule has 0 aliphatic carbocycles. The molecule has 0 spiro atoms. The normalized spacial score (nSPS) is 21.5. The van der Waals surface area contributed by atoms with Crippen LogP contribution in [0.15, 0.2) is 51.8 Å². The van der Waals surface area contributed by atoms with Crippen LogP contribution < -0.4 is 0 Å². The molecule has 2 saturated heterocycles. The minimum absolute atomic E-state index is 0.0124. The predicted octanol–water partition coefficient (Wildman–Crippen LogP) is 2.83. The van der Waals surface area contributed by atoms with Crippen LogP contribution in [0.1, 0.15) is 29.0 Å². The first-order valence-corrected chi connectivity index (χ1v) is 11.5. The Labute approximate surface area is 201 Å². The van der Waals surface area contributed by atoms with E-state index in [0.717, 1.165) is 28.2 Å². The lowest BCUT2D eigenvalue weighted by atomic mass is 9.97. The van der Waals surface area contributed by atoms with Gasteiger partial charge in [0.1, 0.15) is 12.4 Å². The number of aryl methyl sites for hydroxylation is 1. The Kier molecular flexibility index (Phi) is 5.05. The highest BCUT2D eigenvalue weighted by Crippen LogP contribution is 2.35. The second-order valence-corrected chi connectivity index (χ2v) is 8.87. The van der Waals surface area contributed by atoms with Crippen LogP contribution in [-0.2, 0) is 9.47 Å². The smallest absolute Gasteiger partial charge is 0.414 e. The van der Waals surface area contributed by atoms with Gasteiger partial charge in [0.2, 0.25) is 11.7 Å². The van der Waals surface area contributed by atoms with Crippen molar-refractivity contribution in [1.82, 2.24) is 24.8 Å². The number of amidine groups is 1. The second-order valence-electron chi connectivity index (χ2n) is 8.87. The standard InChI is InChI=1S/C24H24N6O5/c1-14-3-4-15(21-26-22(35-27-21)16-12-28(13-16)23(31)33-2)9-18(14)19-11-25-20-10-17(5-6-30(19)20)29-7-8-34-24(29)32/h3-6,9-10,16,19H,7-8,11-13H2,1-2H3. The molecule has 1 atom stereocenters. The van der Waals surface area contributed by atoms with E-state index in [2.05, 4.69) is 34.1 Å². The zero-order valence-electron chi connectivity index (χ0n) is 19.4. The minimum Gasteiger partial charge on any atom is -0.453 e. The summed E-state index contributed by atoms with van der Waals surface area (Å²) in [6.45, 7) is 4.62. The Balaban J connectivity index is 1.19. The van der Waals surface area contributed by atoms with Crippen molar-refractivity contribution < 1.29 is 23.6 Å². The topological polar surface area (TPSA) is 114 Å². The molecule has 2 aromatic rings. The van der Waals surface area contributed by atoms with Crippen molar-refractivity contribution >= 4 is 18.0 Å². The number of likely N-dealkylation sites (tertiary alicyclic amines) is 1. The van der Waals surface area contributed by atoms with Crippen molar-refractivity contribution in [3.63, 3.8) is 0 Å². The number of cyclic esters (lactones) is 1. The third-order valence-corrected chi connectivity index (χ3v) is 6.78. The van der Waals surface area contributed by atoms with E-state index >= 15 is 0 Å². The molecule has 4 aliphatic heterocycles. The molecule has 1 aromatic carbocycles. The largest absolute Gasteiger partial charge is 0.453 e. The van der Waals surface area contributed by atoms with Gasteiger partial charge in [-0.3, -0.25) is 9.89 Å². The van der Waals surface area contributed by atoms with E-state index in [1.54, 1.807) is 9.80 Å². The number of amides is 2. The molecule has 180 valence electrons. The van der Waals surface area contributed by atoms with Gasteiger partial charge in [-0.05, 0) is 30.2 Å². The van der Waals surface area contributed by atoms with E-state index in [-0.39, 0.29) is 24.1 Å².